The number of benzene rings is 2. The van der Waals surface area contributed by atoms with Crippen molar-refractivity contribution >= 4 is 62.1 Å². The number of aromatic amines is 2. The number of hydrogen-bond donors (Lipinski definition) is 4. The molecule has 5 aromatic rings. The summed E-state index contributed by atoms with van der Waals surface area (Å²) in [5.41, 5.74) is 9.60. The predicted molar refractivity (Wildman–Crippen MR) is 157 cm³/mol. The van der Waals surface area contributed by atoms with Crippen LogP contribution in [0.3, 0.4) is 0 Å². The van der Waals surface area contributed by atoms with Gasteiger partial charge in [-0.15, -0.1) is 11.3 Å². The van der Waals surface area contributed by atoms with Gasteiger partial charge in [0.2, 0.25) is 0 Å². The van der Waals surface area contributed by atoms with Gasteiger partial charge in [0.25, 0.3) is 11.8 Å². The second-order valence-electron chi connectivity index (χ2n) is 11.0. The highest BCUT2D eigenvalue weighted by atomic mass is 32.1. The number of H-pyrrole nitrogens is 2. The van der Waals surface area contributed by atoms with Crippen molar-refractivity contribution in [3.63, 3.8) is 0 Å². The van der Waals surface area contributed by atoms with Crippen molar-refractivity contribution in [3.05, 3.63) is 93.1 Å². The van der Waals surface area contributed by atoms with Gasteiger partial charge in [-0.2, -0.15) is 0 Å². The number of anilines is 2. The number of fused-ring (bicyclic) bond motifs is 3. The minimum atomic E-state index is -0.271. The van der Waals surface area contributed by atoms with Crippen molar-refractivity contribution in [2.24, 2.45) is 5.92 Å². The lowest BCUT2D eigenvalue weighted by Crippen LogP contribution is -2.33. The van der Waals surface area contributed by atoms with Crippen molar-refractivity contribution in [3.8, 4) is 0 Å². The smallest absolute Gasteiger partial charge is 0.274 e. The fourth-order valence-corrected chi connectivity index (χ4v) is 7.78. The number of likely N-dealkylation sites (tertiary alicyclic amines) is 1. The lowest BCUT2D eigenvalue weighted by Gasteiger charge is -2.28. The molecule has 1 spiro atoms. The maximum atomic E-state index is 13.7. The summed E-state index contributed by atoms with van der Waals surface area (Å²) in [4.78, 5) is 53.6. The minimum Gasteiger partial charge on any atom is -0.351 e. The summed E-state index contributed by atoms with van der Waals surface area (Å²) in [5, 5.41) is 6.68. The monoisotopic (exact) mass is 563 g/mol. The van der Waals surface area contributed by atoms with Crippen molar-refractivity contribution in [1.29, 1.82) is 0 Å². The van der Waals surface area contributed by atoms with Gasteiger partial charge in [-0.05, 0) is 84.3 Å². The molecule has 3 aromatic heterocycles. The molecule has 2 aromatic carbocycles. The fraction of sp³-hybridized carbons (Fsp3) is 0.194. The molecule has 2 atom stereocenters. The number of nitrogens with one attached hydrogen (secondary N) is 4. The molecule has 2 amide bonds. The number of ketones is 1. The van der Waals surface area contributed by atoms with Crippen LogP contribution in [0, 0.1) is 12.8 Å². The lowest BCUT2D eigenvalue weighted by atomic mass is 9.84. The van der Waals surface area contributed by atoms with E-state index in [1.165, 1.54) is 11.3 Å². The number of aromatic nitrogens is 2. The third-order valence-corrected chi connectivity index (χ3v) is 9.72. The van der Waals surface area contributed by atoms with Gasteiger partial charge in [0, 0.05) is 51.2 Å². The number of carbonyl (C=O) groups is 3. The Hall–Kier alpha value is -4.67. The first-order valence-electron chi connectivity index (χ1n) is 13.4. The Labute approximate surface area is 238 Å². The summed E-state index contributed by atoms with van der Waals surface area (Å²) < 4.78 is 0. The van der Waals surface area contributed by atoms with E-state index in [1.54, 1.807) is 30.2 Å². The number of allylic oxidation sites excluding steroid dienone is 2. The molecule has 4 N–H and O–H groups in total. The topological polar surface area (TPSA) is 119 Å². The highest BCUT2D eigenvalue weighted by Gasteiger charge is 2.68. The van der Waals surface area contributed by atoms with Crippen LogP contribution in [0.1, 0.15) is 48.2 Å². The molecule has 2 unspecified atom stereocenters. The first kappa shape index (κ1) is 24.2. The highest BCUT2D eigenvalue weighted by molar-refractivity contribution is 7.12. The maximum Gasteiger partial charge on any atom is 0.274 e. The van der Waals surface area contributed by atoms with Crippen LogP contribution in [0.25, 0.3) is 21.8 Å². The maximum absolute atomic E-state index is 13.7. The zero-order valence-corrected chi connectivity index (χ0v) is 23.1. The molecular weight excluding hydrogens is 538 g/mol. The van der Waals surface area contributed by atoms with Crippen LogP contribution >= 0.6 is 11.3 Å². The van der Waals surface area contributed by atoms with Crippen LogP contribution in [-0.4, -0.2) is 46.1 Å². The van der Waals surface area contributed by atoms with Gasteiger partial charge >= 0.3 is 0 Å². The number of thiophene rings is 1. The molecule has 3 aliphatic rings. The summed E-state index contributed by atoms with van der Waals surface area (Å²) in [7, 11) is 1.54. The summed E-state index contributed by atoms with van der Waals surface area (Å²) in [6, 6.07) is 14.7. The molecule has 2 aliphatic carbocycles. The Morgan fingerprint density at radius 1 is 1.02 bits per heavy atom. The zero-order valence-electron chi connectivity index (χ0n) is 22.3. The normalized spacial score (nSPS) is 20.5. The van der Waals surface area contributed by atoms with Crippen molar-refractivity contribution in [2.45, 2.75) is 18.8 Å². The van der Waals surface area contributed by atoms with Crippen molar-refractivity contribution in [1.82, 2.24) is 14.9 Å². The summed E-state index contributed by atoms with van der Waals surface area (Å²) >= 11 is 1.51. The average Bonchev–Trinajstić information content (AvgIpc) is 3.40. The molecule has 10 heteroatoms. The molecule has 1 saturated heterocycles. The Balaban J connectivity index is 1.04. The van der Waals surface area contributed by atoms with Gasteiger partial charge in [-0.25, -0.2) is 0 Å². The summed E-state index contributed by atoms with van der Waals surface area (Å²) in [6.45, 7) is 2.67. The van der Waals surface area contributed by atoms with Crippen LogP contribution in [0.5, 0.6) is 0 Å². The minimum absolute atomic E-state index is 0.0110. The van der Waals surface area contributed by atoms with E-state index >= 15 is 0 Å². The highest BCUT2D eigenvalue weighted by Crippen LogP contribution is 2.68. The molecule has 204 valence electrons. The van der Waals surface area contributed by atoms with Gasteiger partial charge in [0.05, 0.1) is 17.7 Å². The number of carbonyl (C=O) groups excluding carboxylic acids is 3. The fourth-order valence-electron chi connectivity index (χ4n) is 6.73. The molecular formula is C31H25N5O4S. The van der Waals surface area contributed by atoms with Crippen LogP contribution in [-0.2, 0) is 10.3 Å². The van der Waals surface area contributed by atoms with Gasteiger partial charge in [0.15, 0.2) is 5.78 Å². The quantitative estimate of drug-likeness (QED) is 0.203. The molecule has 41 heavy (non-hydrogen) atoms. The number of piperidine rings is 1. The molecule has 4 heterocycles. The van der Waals surface area contributed by atoms with Crippen LogP contribution in [0.15, 0.2) is 65.7 Å². The predicted octanol–water partition coefficient (Wildman–Crippen LogP) is 5.74. The largest absolute Gasteiger partial charge is 0.351 e. The van der Waals surface area contributed by atoms with Gasteiger partial charge in [-0.3, -0.25) is 24.7 Å². The molecule has 1 aliphatic heterocycles. The number of hydrogen-bond acceptors (Lipinski definition) is 6. The number of rotatable bonds is 5. The molecule has 2 fully saturated rings. The van der Waals surface area contributed by atoms with E-state index < -0.39 is 0 Å². The standard InChI is InChI=1S/C31H25N5O4S/c1-15-14-41-28-25(37)11-26-31(27(15)28)12-18(31)13-36(26)30(39)24-10-16-7-19(3-5-22(16)34-24)32-29(38)23-9-17-8-20(35-40-2)4-6-21(17)33-23/h3-11,14,18,33-35H,12-13H2,1-2H3,(H,32,38). The first-order chi connectivity index (χ1) is 19.9. The Kier molecular flexibility index (Phi) is 4.96. The number of nitrogens with zero attached hydrogens (tertiary/aromatic N) is 1. The zero-order chi connectivity index (χ0) is 28.0. The molecule has 9 nitrogen and oxygen atoms in total. The molecule has 8 rings (SSSR count). The Bertz CT molecular complexity index is 2000. The lowest BCUT2D eigenvalue weighted by molar-refractivity contribution is 0.0806. The van der Waals surface area contributed by atoms with E-state index in [1.807, 2.05) is 36.4 Å². The van der Waals surface area contributed by atoms with Crippen LogP contribution in [0.4, 0.5) is 11.4 Å². The molecule has 0 bridgehead atoms. The second-order valence-corrected chi connectivity index (χ2v) is 11.9. The summed E-state index contributed by atoms with van der Waals surface area (Å²) in [6.07, 6.45) is 2.66. The van der Waals surface area contributed by atoms with E-state index in [4.69, 9.17) is 4.84 Å². The van der Waals surface area contributed by atoms with Crippen molar-refractivity contribution < 1.29 is 19.2 Å². The third kappa shape index (κ3) is 3.47. The van der Waals surface area contributed by atoms with Gasteiger partial charge in [0.1, 0.15) is 11.4 Å². The molecule has 0 radical (unpaired) electrons. The van der Waals surface area contributed by atoms with Crippen molar-refractivity contribution in [2.75, 3.05) is 24.5 Å². The van der Waals surface area contributed by atoms with Gasteiger partial charge < -0.3 is 20.2 Å². The van der Waals surface area contributed by atoms with E-state index in [9.17, 15) is 14.4 Å². The van der Waals surface area contributed by atoms with E-state index in [2.05, 4.69) is 33.1 Å². The average molecular weight is 564 g/mol. The van der Waals surface area contributed by atoms with E-state index in [0.717, 1.165) is 55.6 Å². The third-order valence-electron chi connectivity index (χ3n) is 8.61. The van der Waals surface area contributed by atoms with Gasteiger partial charge in [-0.1, -0.05) is 0 Å². The number of amides is 2. The van der Waals surface area contributed by atoms with Crippen LogP contribution in [0.2, 0.25) is 0 Å². The summed E-state index contributed by atoms with van der Waals surface area (Å²) in [5.74, 6) is -0.0824. The van der Waals surface area contributed by atoms with E-state index in [0.29, 0.717) is 29.5 Å². The van der Waals surface area contributed by atoms with E-state index in [-0.39, 0.29) is 23.0 Å². The second kappa shape index (κ2) is 8.42. The Morgan fingerprint density at radius 3 is 2.51 bits per heavy atom. The first-order valence-corrected chi connectivity index (χ1v) is 14.3. The number of aryl methyl sites for hydroxylation is 1. The Morgan fingerprint density at radius 2 is 1.73 bits per heavy atom. The SMILES string of the molecule is CONc1ccc2[nH]c(C(=O)Nc3ccc4[nH]c(C(=O)N5CC6CC67C5=CC(=O)c5scc(C)c57)cc4c3)cc2c1. The molecule has 1 saturated carbocycles. The van der Waals surface area contributed by atoms with Crippen LogP contribution < -0.4 is 10.8 Å².